The van der Waals surface area contributed by atoms with E-state index < -0.39 is 11.2 Å². The summed E-state index contributed by atoms with van der Waals surface area (Å²) in [4.78, 5) is 0. The fourth-order valence-corrected chi connectivity index (χ4v) is 3.54. The molecule has 0 saturated carbocycles. The molecular formula is C17H16Cl3F. The molecule has 0 heterocycles. The summed E-state index contributed by atoms with van der Waals surface area (Å²) in [6.07, 6.45) is 0.616. The van der Waals surface area contributed by atoms with Gasteiger partial charge in [-0.1, -0.05) is 41.9 Å². The third-order valence-electron chi connectivity index (χ3n) is 3.75. The summed E-state index contributed by atoms with van der Waals surface area (Å²) in [7, 11) is 0. The molecule has 0 aliphatic heterocycles. The lowest BCUT2D eigenvalue weighted by molar-refractivity contribution is 0.532. The molecule has 2 aromatic carbocycles. The highest BCUT2D eigenvalue weighted by Crippen LogP contribution is 2.34. The molecule has 0 atom stereocenters. The molecule has 112 valence electrons. The summed E-state index contributed by atoms with van der Waals surface area (Å²) in [5, 5.41) is 0.121. The van der Waals surface area contributed by atoms with Crippen LogP contribution in [0.5, 0.6) is 0 Å². The Morgan fingerprint density at radius 2 is 1.71 bits per heavy atom. The smallest absolute Gasteiger partial charge is 0.141 e. The van der Waals surface area contributed by atoms with Crippen LogP contribution in [0.25, 0.3) is 0 Å². The van der Waals surface area contributed by atoms with Crippen LogP contribution in [0.2, 0.25) is 5.02 Å². The minimum Gasteiger partial charge on any atom is -0.205 e. The monoisotopic (exact) mass is 344 g/mol. The Labute approximate surface area is 139 Å². The quantitative estimate of drug-likeness (QED) is 0.606. The third-order valence-corrected chi connectivity index (χ3v) is 5.07. The lowest BCUT2D eigenvalue weighted by atomic mass is 9.77. The zero-order valence-electron chi connectivity index (χ0n) is 11.7. The molecule has 0 fully saturated rings. The van der Waals surface area contributed by atoms with Crippen LogP contribution in [0.15, 0.2) is 42.5 Å². The number of halogens is 4. The molecule has 0 unspecified atom stereocenters. The van der Waals surface area contributed by atoms with Crippen LogP contribution in [0.1, 0.15) is 16.7 Å². The van der Waals surface area contributed by atoms with E-state index in [4.69, 9.17) is 34.8 Å². The highest BCUT2D eigenvalue weighted by molar-refractivity contribution is 6.30. The molecule has 21 heavy (non-hydrogen) atoms. The summed E-state index contributed by atoms with van der Waals surface area (Å²) < 4.78 is 13.3. The molecule has 0 aromatic heterocycles. The highest BCUT2D eigenvalue weighted by Gasteiger charge is 2.32. The van der Waals surface area contributed by atoms with Crippen LogP contribution in [0.3, 0.4) is 0 Å². The van der Waals surface area contributed by atoms with Crippen molar-refractivity contribution in [1.29, 1.82) is 0 Å². The first kappa shape index (κ1) is 16.6. The molecular weight excluding hydrogens is 330 g/mol. The predicted molar refractivity (Wildman–Crippen MR) is 89.4 cm³/mol. The zero-order chi connectivity index (χ0) is 15.5. The summed E-state index contributed by atoms with van der Waals surface area (Å²) in [6.45, 7) is 2.04. The van der Waals surface area contributed by atoms with E-state index in [-0.39, 0.29) is 5.02 Å². The number of aryl methyl sites for hydroxylation is 1. The van der Waals surface area contributed by atoms with E-state index in [1.807, 2.05) is 31.2 Å². The van der Waals surface area contributed by atoms with Crippen molar-refractivity contribution in [2.24, 2.45) is 0 Å². The van der Waals surface area contributed by atoms with Crippen molar-refractivity contribution in [2.45, 2.75) is 18.8 Å². The van der Waals surface area contributed by atoms with Gasteiger partial charge in [-0.25, -0.2) is 4.39 Å². The van der Waals surface area contributed by atoms with Gasteiger partial charge in [-0.05, 0) is 42.2 Å². The van der Waals surface area contributed by atoms with Gasteiger partial charge in [-0.2, -0.15) is 0 Å². The Hall–Kier alpha value is -0.760. The molecule has 4 heteroatoms. The van der Waals surface area contributed by atoms with E-state index in [0.717, 1.165) is 16.7 Å². The van der Waals surface area contributed by atoms with Gasteiger partial charge in [0.25, 0.3) is 0 Å². The summed E-state index contributed by atoms with van der Waals surface area (Å²) in [5.74, 6) is 0.353. The molecule has 0 N–H and O–H groups in total. The van der Waals surface area contributed by atoms with Crippen molar-refractivity contribution >= 4 is 34.8 Å². The van der Waals surface area contributed by atoms with Gasteiger partial charge in [0.05, 0.1) is 5.02 Å². The van der Waals surface area contributed by atoms with Crippen LogP contribution in [0.4, 0.5) is 4.39 Å². The average Bonchev–Trinajstić information content (AvgIpc) is 2.49. The Balaban J connectivity index is 2.43. The normalized spacial score (nSPS) is 11.7. The molecule has 2 rings (SSSR count). The van der Waals surface area contributed by atoms with Crippen molar-refractivity contribution in [3.63, 3.8) is 0 Å². The Morgan fingerprint density at radius 1 is 1.05 bits per heavy atom. The van der Waals surface area contributed by atoms with Crippen molar-refractivity contribution < 1.29 is 4.39 Å². The topological polar surface area (TPSA) is 0 Å². The van der Waals surface area contributed by atoms with Gasteiger partial charge in [0.2, 0.25) is 0 Å². The Kier molecular flexibility index (Phi) is 5.54. The van der Waals surface area contributed by atoms with Crippen molar-refractivity contribution in [3.8, 4) is 0 Å². The molecule has 0 amide bonds. The van der Waals surface area contributed by atoms with Gasteiger partial charge in [-0.3, -0.25) is 0 Å². The average molecular weight is 346 g/mol. The lowest BCUT2D eigenvalue weighted by Gasteiger charge is -2.32. The van der Waals surface area contributed by atoms with Gasteiger partial charge in [0.15, 0.2) is 0 Å². The standard InChI is InChI=1S/C17H16Cl3F/c1-12-4-2-3-5-14(12)17(10-18,11-19)9-13-6-7-16(21)15(20)8-13/h2-8H,9-11H2,1H3. The first-order valence-electron chi connectivity index (χ1n) is 6.64. The van der Waals surface area contributed by atoms with Gasteiger partial charge in [0.1, 0.15) is 5.82 Å². The van der Waals surface area contributed by atoms with Crippen molar-refractivity contribution in [3.05, 3.63) is 70.0 Å². The first-order valence-corrected chi connectivity index (χ1v) is 8.09. The van der Waals surface area contributed by atoms with E-state index in [9.17, 15) is 4.39 Å². The molecule has 2 aromatic rings. The molecule has 0 aliphatic rings. The molecule has 0 radical (unpaired) electrons. The number of rotatable bonds is 5. The Morgan fingerprint density at radius 3 is 2.29 bits per heavy atom. The van der Waals surface area contributed by atoms with Gasteiger partial charge < -0.3 is 0 Å². The van der Waals surface area contributed by atoms with Crippen LogP contribution < -0.4 is 0 Å². The maximum atomic E-state index is 13.3. The highest BCUT2D eigenvalue weighted by atomic mass is 35.5. The third kappa shape index (κ3) is 3.53. The number of hydrogen-bond donors (Lipinski definition) is 0. The van der Waals surface area contributed by atoms with Gasteiger partial charge in [-0.15, -0.1) is 23.2 Å². The van der Waals surface area contributed by atoms with Crippen molar-refractivity contribution in [2.75, 3.05) is 11.8 Å². The maximum absolute atomic E-state index is 13.3. The van der Waals surface area contributed by atoms with Gasteiger partial charge >= 0.3 is 0 Å². The van der Waals surface area contributed by atoms with Crippen LogP contribution in [-0.4, -0.2) is 11.8 Å². The second-order valence-electron chi connectivity index (χ2n) is 5.29. The van der Waals surface area contributed by atoms with Crippen LogP contribution >= 0.6 is 34.8 Å². The van der Waals surface area contributed by atoms with E-state index in [2.05, 4.69) is 0 Å². The molecule has 0 nitrogen and oxygen atoms in total. The summed E-state index contributed by atoms with van der Waals surface area (Å²) >= 11 is 18.4. The summed E-state index contributed by atoms with van der Waals surface area (Å²) in [5.41, 5.74) is 2.80. The fraction of sp³-hybridized carbons (Fsp3) is 0.294. The minimum atomic E-state index is -0.418. The van der Waals surface area contributed by atoms with Crippen LogP contribution in [0, 0.1) is 12.7 Å². The SMILES string of the molecule is Cc1ccccc1C(CCl)(CCl)Cc1ccc(F)c(Cl)c1. The Bertz CT molecular complexity index is 621. The predicted octanol–water partition coefficient (Wildman–Crippen LogP) is 5.75. The van der Waals surface area contributed by atoms with E-state index >= 15 is 0 Å². The summed E-state index contributed by atoms with van der Waals surface area (Å²) in [6, 6.07) is 12.8. The van der Waals surface area contributed by atoms with E-state index in [0.29, 0.717) is 18.2 Å². The lowest BCUT2D eigenvalue weighted by Crippen LogP contribution is -2.34. The number of benzene rings is 2. The second-order valence-corrected chi connectivity index (χ2v) is 6.23. The van der Waals surface area contributed by atoms with Crippen LogP contribution in [-0.2, 0) is 11.8 Å². The van der Waals surface area contributed by atoms with Crippen molar-refractivity contribution in [1.82, 2.24) is 0 Å². The molecule has 0 saturated heterocycles. The largest absolute Gasteiger partial charge is 0.205 e. The molecule has 0 spiro atoms. The molecule has 0 aliphatic carbocycles. The first-order chi connectivity index (χ1) is 10.0. The fourth-order valence-electron chi connectivity index (χ4n) is 2.58. The second kappa shape index (κ2) is 7.00. The number of hydrogen-bond acceptors (Lipinski definition) is 0. The zero-order valence-corrected chi connectivity index (χ0v) is 13.9. The van der Waals surface area contributed by atoms with Gasteiger partial charge in [0, 0.05) is 17.2 Å². The minimum absolute atomic E-state index is 0.121. The van der Waals surface area contributed by atoms with E-state index in [1.54, 1.807) is 12.1 Å². The maximum Gasteiger partial charge on any atom is 0.141 e. The van der Waals surface area contributed by atoms with E-state index in [1.165, 1.54) is 6.07 Å². The number of alkyl halides is 2. The molecule has 0 bridgehead atoms.